The largest absolute Gasteiger partial charge is 0.480 e. The van der Waals surface area contributed by atoms with Crippen molar-refractivity contribution in [2.45, 2.75) is 206 Å². The summed E-state index contributed by atoms with van der Waals surface area (Å²) >= 11 is 0. The van der Waals surface area contributed by atoms with Gasteiger partial charge in [-0.1, -0.05) is 159 Å². The molecule has 0 rings (SSSR count). The molecule has 0 fully saturated rings. The highest BCUT2D eigenvalue weighted by Crippen LogP contribution is 2.43. The van der Waals surface area contributed by atoms with E-state index in [0.29, 0.717) is 13.0 Å². The van der Waals surface area contributed by atoms with E-state index >= 15 is 0 Å². The molecule has 0 saturated carbocycles. The van der Waals surface area contributed by atoms with Crippen LogP contribution in [0.5, 0.6) is 0 Å². The number of carboxylic acids is 1. The van der Waals surface area contributed by atoms with Crippen molar-refractivity contribution >= 4 is 19.8 Å². The second kappa shape index (κ2) is 40.4. The number of phosphoric ester groups is 1. The van der Waals surface area contributed by atoms with Gasteiger partial charge in [0.05, 0.1) is 19.8 Å². The summed E-state index contributed by atoms with van der Waals surface area (Å²) in [6, 6.07) is -1.48. The quantitative estimate of drug-likeness (QED) is 0.0235. The molecule has 322 valence electrons. The van der Waals surface area contributed by atoms with Gasteiger partial charge in [0.15, 0.2) is 0 Å². The lowest BCUT2D eigenvalue weighted by molar-refractivity contribution is -0.154. The highest BCUT2D eigenvalue weighted by atomic mass is 31.2. The van der Waals surface area contributed by atoms with E-state index < -0.39 is 45.1 Å². The van der Waals surface area contributed by atoms with E-state index in [9.17, 15) is 19.0 Å². The summed E-state index contributed by atoms with van der Waals surface area (Å²) in [6.07, 6.45) is 44.8. The molecule has 10 nitrogen and oxygen atoms in total. The molecule has 4 N–H and O–H groups in total. The second-order valence-corrected chi connectivity index (χ2v) is 16.3. The Kier molecular flexibility index (Phi) is 39.1. The minimum Gasteiger partial charge on any atom is -0.480 e. The Morgan fingerprint density at radius 3 is 1.55 bits per heavy atom. The molecule has 3 atom stereocenters. The lowest BCUT2D eigenvalue weighted by Crippen LogP contribution is -2.34. The zero-order valence-corrected chi connectivity index (χ0v) is 35.9. The Morgan fingerprint density at radius 1 is 0.582 bits per heavy atom. The Bertz CT molecular complexity index is 1020. The van der Waals surface area contributed by atoms with Crippen molar-refractivity contribution in [2.75, 3.05) is 26.4 Å². The van der Waals surface area contributed by atoms with Gasteiger partial charge in [-0.2, -0.15) is 0 Å². The Labute approximate surface area is 336 Å². The molecule has 0 aromatic rings. The molecule has 0 saturated heterocycles. The number of phosphoric acid groups is 1. The summed E-state index contributed by atoms with van der Waals surface area (Å²) < 4.78 is 33.3. The van der Waals surface area contributed by atoms with Crippen LogP contribution in [0.4, 0.5) is 0 Å². The first kappa shape index (κ1) is 53.2. The molecule has 0 aromatic carbocycles. The third kappa shape index (κ3) is 40.2. The van der Waals surface area contributed by atoms with Crippen LogP contribution in [0.25, 0.3) is 0 Å². The van der Waals surface area contributed by atoms with Crippen molar-refractivity contribution in [3.05, 3.63) is 36.5 Å². The van der Waals surface area contributed by atoms with Gasteiger partial charge in [0, 0.05) is 13.0 Å². The number of esters is 1. The summed E-state index contributed by atoms with van der Waals surface area (Å²) in [6.45, 7) is 3.82. The predicted molar refractivity (Wildman–Crippen MR) is 226 cm³/mol. The van der Waals surface area contributed by atoms with Gasteiger partial charge in [0.25, 0.3) is 0 Å². The summed E-state index contributed by atoms with van der Waals surface area (Å²) in [7, 11) is -4.62. The first-order valence-electron chi connectivity index (χ1n) is 22.0. The average Bonchev–Trinajstić information content (AvgIpc) is 3.16. The molecule has 0 aliphatic rings. The lowest BCUT2D eigenvalue weighted by atomic mass is 10.1. The van der Waals surface area contributed by atoms with Crippen LogP contribution in [0.1, 0.15) is 194 Å². The number of rotatable bonds is 42. The molecular formula is C44H82NO9P. The van der Waals surface area contributed by atoms with Crippen molar-refractivity contribution in [3.8, 4) is 0 Å². The van der Waals surface area contributed by atoms with E-state index in [-0.39, 0.29) is 13.0 Å². The molecule has 0 aromatic heterocycles. The van der Waals surface area contributed by atoms with Gasteiger partial charge in [0.2, 0.25) is 0 Å². The topological polar surface area (TPSA) is 155 Å². The summed E-state index contributed by atoms with van der Waals surface area (Å²) in [5.74, 6) is -1.79. The lowest BCUT2D eigenvalue weighted by Gasteiger charge is -2.20. The highest BCUT2D eigenvalue weighted by molar-refractivity contribution is 7.47. The maximum atomic E-state index is 12.6. The minimum absolute atomic E-state index is 0.00875. The number of ether oxygens (including phenoxy) is 2. The van der Waals surface area contributed by atoms with Crippen LogP contribution in [-0.4, -0.2) is 60.5 Å². The molecule has 0 radical (unpaired) electrons. The average molecular weight is 800 g/mol. The van der Waals surface area contributed by atoms with Crippen LogP contribution >= 0.6 is 7.82 Å². The van der Waals surface area contributed by atoms with Crippen molar-refractivity contribution in [3.63, 3.8) is 0 Å². The number of carbonyl (C=O) groups excluding carboxylic acids is 1. The summed E-state index contributed by atoms with van der Waals surface area (Å²) in [5.41, 5.74) is 5.35. The van der Waals surface area contributed by atoms with E-state index in [1.54, 1.807) is 0 Å². The molecule has 0 amide bonds. The Morgan fingerprint density at radius 2 is 1.02 bits per heavy atom. The van der Waals surface area contributed by atoms with E-state index in [2.05, 4.69) is 50.3 Å². The van der Waals surface area contributed by atoms with Gasteiger partial charge in [-0.3, -0.25) is 18.6 Å². The molecule has 11 heteroatoms. The normalized spacial score (nSPS) is 14.3. The molecule has 0 aliphatic heterocycles. The highest BCUT2D eigenvalue weighted by Gasteiger charge is 2.27. The van der Waals surface area contributed by atoms with Gasteiger partial charge < -0.3 is 25.2 Å². The van der Waals surface area contributed by atoms with Crippen LogP contribution in [0.15, 0.2) is 36.5 Å². The SMILES string of the molecule is CCCC/C=C\C/C=C\CCCCCCCCOCC(COP(=O)(O)OCC(N)C(=O)O)OC(=O)CCCCCCCCC/C=C\CCCCCCCCC. The van der Waals surface area contributed by atoms with Gasteiger partial charge in [-0.25, -0.2) is 4.57 Å². The van der Waals surface area contributed by atoms with E-state index in [4.69, 9.17) is 29.4 Å². The fraction of sp³-hybridized carbons (Fsp3) is 0.818. The number of aliphatic carboxylic acids is 1. The summed E-state index contributed by atoms with van der Waals surface area (Å²) in [4.78, 5) is 33.5. The van der Waals surface area contributed by atoms with Crippen LogP contribution in [0, 0.1) is 0 Å². The molecule has 55 heavy (non-hydrogen) atoms. The maximum Gasteiger partial charge on any atom is 0.472 e. The zero-order valence-electron chi connectivity index (χ0n) is 35.0. The van der Waals surface area contributed by atoms with E-state index in [1.165, 1.54) is 109 Å². The van der Waals surface area contributed by atoms with Crippen LogP contribution < -0.4 is 5.73 Å². The Hall–Kier alpha value is -1.81. The number of hydrogen-bond donors (Lipinski definition) is 3. The van der Waals surface area contributed by atoms with Crippen LogP contribution in [0.3, 0.4) is 0 Å². The van der Waals surface area contributed by atoms with Gasteiger partial charge in [0.1, 0.15) is 12.1 Å². The number of hydrogen-bond acceptors (Lipinski definition) is 8. The van der Waals surface area contributed by atoms with Crippen LogP contribution in [0.2, 0.25) is 0 Å². The molecule has 0 aliphatic carbocycles. The van der Waals surface area contributed by atoms with E-state index in [0.717, 1.165) is 57.8 Å². The molecule has 0 spiro atoms. The number of unbranched alkanes of at least 4 members (excludes halogenated alkanes) is 22. The second-order valence-electron chi connectivity index (χ2n) is 14.8. The zero-order chi connectivity index (χ0) is 40.5. The Balaban J connectivity index is 4.24. The molecular weight excluding hydrogens is 717 g/mol. The van der Waals surface area contributed by atoms with Gasteiger partial charge in [-0.05, 0) is 64.2 Å². The van der Waals surface area contributed by atoms with Crippen molar-refractivity contribution in [2.24, 2.45) is 5.73 Å². The van der Waals surface area contributed by atoms with Gasteiger partial charge in [-0.15, -0.1) is 0 Å². The first-order chi connectivity index (χ1) is 26.7. The fourth-order valence-electron chi connectivity index (χ4n) is 5.91. The smallest absolute Gasteiger partial charge is 0.472 e. The maximum absolute atomic E-state index is 12.6. The number of carboxylic acid groups (broad SMARTS) is 1. The fourth-order valence-corrected chi connectivity index (χ4v) is 6.69. The number of allylic oxidation sites excluding steroid dienone is 6. The van der Waals surface area contributed by atoms with Crippen LogP contribution in [-0.2, 0) is 32.7 Å². The third-order valence-electron chi connectivity index (χ3n) is 9.39. The molecule has 0 bridgehead atoms. The number of carbonyl (C=O) groups is 2. The third-order valence-corrected chi connectivity index (χ3v) is 10.3. The minimum atomic E-state index is -4.62. The molecule has 3 unspecified atom stereocenters. The number of nitrogens with two attached hydrogens (primary N) is 1. The monoisotopic (exact) mass is 800 g/mol. The first-order valence-corrected chi connectivity index (χ1v) is 23.5. The van der Waals surface area contributed by atoms with Crippen molar-refractivity contribution < 1.29 is 42.7 Å². The van der Waals surface area contributed by atoms with E-state index in [1.807, 2.05) is 0 Å². The standard InChI is InChI=1S/C44H82NO9P/c1-3-5-7-9-11-13-15-17-19-20-21-22-24-26-28-30-32-34-36-43(46)54-41(39-52-55(49,50)53-40-42(45)44(47)48)38-51-37-35-33-31-29-27-25-23-18-16-14-12-10-8-6-4-2/h10,12,16,18-20,41-42H,3-9,11,13-15,17,21-40,45H2,1-2H3,(H,47,48)(H,49,50)/b12-10-,18-16-,20-19-. The van der Waals surface area contributed by atoms with Crippen molar-refractivity contribution in [1.82, 2.24) is 0 Å². The summed E-state index contributed by atoms with van der Waals surface area (Å²) in [5, 5.41) is 8.89. The molecule has 0 heterocycles. The predicted octanol–water partition coefficient (Wildman–Crippen LogP) is 12.1. The van der Waals surface area contributed by atoms with Gasteiger partial charge >= 0.3 is 19.8 Å². The van der Waals surface area contributed by atoms with Crippen molar-refractivity contribution in [1.29, 1.82) is 0 Å².